The topological polar surface area (TPSA) is 73.4 Å². The van der Waals surface area contributed by atoms with Crippen molar-refractivity contribution in [1.29, 1.82) is 0 Å². The van der Waals surface area contributed by atoms with Crippen LogP contribution in [0.4, 0.5) is 21.3 Å². The highest BCUT2D eigenvalue weighted by Gasteiger charge is 2.20. The number of nitrogens with one attached hydrogen (secondary N) is 2. The number of piperazine rings is 1. The third kappa shape index (κ3) is 5.10. The summed E-state index contributed by atoms with van der Waals surface area (Å²) in [6.07, 6.45) is 6.20. The van der Waals surface area contributed by atoms with Gasteiger partial charge in [-0.3, -0.25) is 5.32 Å². The van der Waals surface area contributed by atoms with Gasteiger partial charge in [-0.1, -0.05) is 37.5 Å². The third-order valence-corrected chi connectivity index (χ3v) is 7.26. The molecule has 1 saturated heterocycles. The van der Waals surface area contributed by atoms with Crippen LogP contribution in [-0.2, 0) is 0 Å². The zero-order valence-corrected chi connectivity index (χ0v) is 18.8. The lowest BCUT2D eigenvalue weighted by Gasteiger charge is -2.35. The van der Waals surface area contributed by atoms with Crippen LogP contribution < -0.4 is 15.5 Å². The van der Waals surface area contributed by atoms with Gasteiger partial charge in [-0.2, -0.15) is 0 Å². The third-order valence-electron chi connectivity index (χ3n) is 6.26. The van der Waals surface area contributed by atoms with Gasteiger partial charge in [0.25, 0.3) is 0 Å². The smallest absolute Gasteiger partial charge is 0.325 e. The van der Waals surface area contributed by atoms with Crippen molar-refractivity contribution in [3.8, 4) is 0 Å². The van der Waals surface area contributed by atoms with E-state index in [9.17, 15) is 4.79 Å². The predicted molar refractivity (Wildman–Crippen MR) is 124 cm³/mol. The number of aryl methyl sites for hydroxylation is 1. The highest BCUT2D eigenvalue weighted by molar-refractivity contribution is 7.15. The highest BCUT2D eigenvalue weighted by atomic mass is 32.1. The number of likely N-dealkylation sites (N-methyl/N-ethyl adjacent to an activating group) is 1. The van der Waals surface area contributed by atoms with E-state index in [0.29, 0.717) is 11.0 Å². The minimum absolute atomic E-state index is 0.270. The molecule has 0 radical (unpaired) electrons. The fourth-order valence-electron chi connectivity index (χ4n) is 4.36. The van der Waals surface area contributed by atoms with Crippen LogP contribution in [0.15, 0.2) is 18.2 Å². The van der Waals surface area contributed by atoms with Gasteiger partial charge in [0.1, 0.15) is 5.01 Å². The Hall–Kier alpha value is -2.19. The zero-order chi connectivity index (χ0) is 20.9. The van der Waals surface area contributed by atoms with E-state index in [2.05, 4.69) is 49.7 Å². The van der Waals surface area contributed by atoms with E-state index in [0.717, 1.165) is 49.0 Å². The van der Waals surface area contributed by atoms with Crippen LogP contribution >= 0.6 is 11.3 Å². The second kappa shape index (κ2) is 9.75. The Morgan fingerprint density at radius 1 is 1.10 bits per heavy atom. The van der Waals surface area contributed by atoms with Gasteiger partial charge in [0.05, 0.1) is 0 Å². The van der Waals surface area contributed by atoms with E-state index in [1.54, 1.807) is 0 Å². The SMILES string of the molecule is CCN1CCN(c2ccc(NC(=O)Nc3nnc(C4CCCCC4)s3)c(C)c2)CC1. The second-order valence-corrected chi connectivity index (χ2v) is 9.29. The van der Waals surface area contributed by atoms with Gasteiger partial charge in [-0.25, -0.2) is 4.79 Å². The summed E-state index contributed by atoms with van der Waals surface area (Å²) in [7, 11) is 0. The monoisotopic (exact) mass is 428 g/mol. The molecule has 1 saturated carbocycles. The standard InChI is InChI=1S/C22H32N6OS/c1-3-27-11-13-28(14-12-27)18-9-10-19(16(2)15-18)23-21(29)24-22-26-25-20(30-22)17-7-5-4-6-8-17/h9-10,15,17H,3-8,11-14H2,1-2H3,(H2,23,24,26,29). The van der Waals surface area contributed by atoms with Crippen molar-refractivity contribution in [2.24, 2.45) is 0 Å². The lowest BCUT2D eigenvalue weighted by molar-refractivity contribution is 0.262. The summed E-state index contributed by atoms with van der Waals surface area (Å²) in [6, 6.07) is 5.97. The van der Waals surface area contributed by atoms with Gasteiger partial charge in [0.2, 0.25) is 5.13 Å². The first-order valence-corrected chi connectivity index (χ1v) is 11.9. The molecule has 2 aliphatic rings. The molecule has 2 fully saturated rings. The number of rotatable bonds is 5. The minimum atomic E-state index is -0.270. The summed E-state index contributed by atoms with van der Waals surface area (Å²) < 4.78 is 0. The van der Waals surface area contributed by atoms with Gasteiger partial charge in [0.15, 0.2) is 0 Å². The van der Waals surface area contributed by atoms with Crippen LogP contribution in [0.2, 0.25) is 0 Å². The first-order valence-electron chi connectivity index (χ1n) is 11.1. The summed E-state index contributed by atoms with van der Waals surface area (Å²) >= 11 is 1.50. The Kier molecular flexibility index (Phi) is 6.84. The molecule has 1 aromatic heterocycles. The molecule has 7 nitrogen and oxygen atoms in total. The van der Waals surface area contributed by atoms with Gasteiger partial charge in [-0.15, -0.1) is 10.2 Å². The van der Waals surface area contributed by atoms with Gasteiger partial charge in [0, 0.05) is 43.5 Å². The van der Waals surface area contributed by atoms with E-state index in [4.69, 9.17) is 0 Å². The molecule has 1 aliphatic heterocycles. The zero-order valence-electron chi connectivity index (χ0n) is 18.0. The number of amides is 2. The number of urea groups is 1. The minimum Gasteiger partial charge on any atom is -0.369 e. The number of hydrogen-bond donors (Lipinski definition) is 2. The van der Waals surface area contributed by atoms with Gasteiger partial charge >= 0.3 is 6.03 Å². The highest BCUT2D eigenvalue weighted by Crippen LogP contribution is 2.35. The molecule has 1 aromatic carbocycles. The molecule has 0 atom stereocenters. The van der Waals surface area contributed by atoms with Crippen molar-refractivity contribution in [3.63, 3.8) is 0 Å². The maximum absolute atomic E-state index is 12.5. The van der Waals surface area contributed by atoms with Crippen molar-refractivity contribution >= 4 is 33.9 Å². The molecule has 162 valence electrons. The molecule has 4 rings (SSSR count). The normalized spacial score (nSPS) is 18.4. The predicted octanol–water partition coefficient (Wildman–Crippen LogP) is 4.68. The van der Waals surface area contributed by atoms with E-state index < -0.39 is 0 Å². The fourth-order valence-corrected chi connectivity index (χ4v) is 5.26. The fraction of sp³-hybridized carbons (Fsp3) is 0.591. The van der Waals surface area contributed by atoms with E-state index in [1.807, 2.05) is 13.0 Å². The molecule has 0 bridgehead atoms. The molecule has 2 aromatic rings. The molecule has 0 spiro atoms. The molecule has 2 heterocycles. The molecule has 1 aliphatic carbocycles. The summed E-state index contributed by atoms with van der Waals surface area (Å²) in [5.41, 5.74) is 3.09. The molecule has 2 amide bonds. The van der Waals surface area contributed by atoms with Gasteiger partial charge in [-0.05, 0) is 50.1 Å². The quantitative estimate of drug-likeness (QED) is 0.723. The van der Waals surface area contributed by atoms with Crippen LogP contribution in [0.3, 0.4) is 0 Å². The number of carbonyl (C=O) groups excluding carboxylic acids is 1. The second-order valence-electron chi connectivity index (χ2n) is 8.28. The number of anilines is 3. The van der Waals surface area contributed by atoms with Gasteiger partial charge < -0.3 is 15.1 Å². The maximum atomic E-state index is 12.5. The molecule has 30 heavy (non-hydrogen) atoms. The maximum Gasteiger partial charge on any atom is 0.325 e. The van der Waals surface area contributed by atoms with Crippen LogP contribution in [-0.4, -0.2) is 53.9 Å². The summed E-state index contributed by atoms with van der Waals surface area (Å²) in [5.74, 6) is 0.504. The first-order chi connectivity index (χ1) is 14.6. The van der Waals surface area contributed by atoms with Crippen LogP contribution in [0.5, 0.6) is 0 Å². The number of hydrogen-bond acceptors (Lipinski definition) is 6. The lowest BCUT2D eigenvalue weighted by Crippen LogP contribution is -2.46. The average Bonchev–Trinajstić information content (AvgIpc) is 3.24. The van der Waals surface area contributed by atoms with Crippen LogP contribution in [0.25, 0.3) is 0 Å². The van der Waals surface area contributed by atoms with E-state index >= 15 is 0 Å². The number of nitrogens with zero attached hydrogens (tertiary/aromatic N) is 4. The Balaban J connectivity index is 1.33. The van der Waals surface area contributed by atoms with Crippen LogP contribution in [0.1, 0.15) is 55.5 Å². The Morgan fingerprint density at radius 2 is 1.87 bits per heavy atom. The van der Waals surface area contributed by atoms with Crippen molar-refractivity contribution in [2.45, 2.75) is 51.9 Å². The molecule has 0 unspecified atom stereocenters. The van der Waals surface area contributed by atoms with Crippen LogP contribution in [0, 0.1) is 6.92 Å². The largest absolute Gasteiger partial charge is 0.369 e. The molecule has 8 heteroatoms. The van der Waals surface area contributed by atoms with Crippen molar-refractivity contribution in [2.75, 3.05) is 48.3 Å². The Labute approximate surface area is 182 Å². The summed E-state index contributed by atoms with van der Waals surface area (Å²) in [5, 5.41) is 15.9. The number of carbonyl (C=O) groups is 1. The first kappa shape index (κ1) is 21.1. The van der Waals surface area contributed by atoms with E-state index in [1.165, 1.54) is 49.1 Å². The molecular weight excluding hydrogens is 396 g/mol. The van der Waals surface area contributed by atoms with Crippen molar-refractivity contribution in [1.82, 2.24) is 15.1 Å². The summed E-state index contributed by atoms with van der Waals surface area (Å²) in [6.45, 7) is 9.65. The number of benzene rings is 1. The molecule has 2 N–H and O–H groups in total. The average molecular weight is 429 g/mol. The Bertz CT molecular complexity index is 855. The Morgan fingerprint density at radius 3 is 2.57 bits per heavy atom. The molecular formula is C22H32N6OS. The summed E-state index contributed by atoms with van der Waals surface area (Å²) in [4.78, 5) is 17.4. The lowest BCUT2D eigenvalue weighted by atomic mass is 9.90. The number of aromatic nitrogens is 2. The van der Waals surface area contributed by atoms with E-state index in [-0.39, 0.29) is 6.03 Å². The van der Waals surface area contributed by atoms with Crippen molar-refractivity contribution in [3.05, 3.63) is 28.8 Å². The van der Waals surface area contributed by atoms with Crippen molar-refractivity contribution < 1.29 is 4.79 Å².